The van der Waals surface area contributed by atoms with Crippen molar-refractivity contribution in [2.75, 3.05) is 71.5 Å². The van der Waals surface area contributed by atoms with Crippen LogP contribution in [0.15, 0.2) is 60.7 Å². The molecule has 2 fully saturated rings. The number of rotatable bonds is 16. The number of hydrogen-bond acceptors (Lipinski definition) is 9. The molecule has 0 amide bonds. The summed E-state index contributed by atoms with van der Waals surface area (Å²) < 4.78 is 48.2. The molecule has 53 heavy (non-hydrogen) atoms. The number of anilines is 1. The molecule has 1 radical (unpaired) electrons. The van der Waals surface area contributed by atoms with E-state index in [2.05, 4.69) is 54.3 Å². The smallest absolute Gasteiger partial charge is 0.281 e. The molecule has 1 aromatic heterocycles. The van der Waals surface area contributed by atoms with Crippen molar-refractivity contribution < 1.29 is 27.7 Å². The summed E-state index contributed by atoms with van der Waals surface area (Å²) in [5, 5.41) is 17.3. The van der Waals surface area contributed by atoms with Crippen molar-refractivity contribution in [3.8, 4) is 22.6 Å². The van der Waals surface area contributed by atoms with Crippen LogP contribution in [0.1, 0.15) is 44.5 Å². The zero-order valence-corrected chi connectivity index (χ0v) is 32.6. The van der Waals surface area contributed by atoms with Crippen LogP contribution in [0.2, 0.25) is 0 Å². The third kappa shape index (κ3) is 9.15. The lowest BCUT2D eigenvalue weighted by molar-refractivity contribution is -0.0576. The molecule has 2 saturated heterocycles. The molecule has 2 unspecified atom stereocenters. The predicted molar refractivity (Wildman–Crippen MR) is 209 cm³/mol. The number of ether oxygens (including phenoxy) is 3. The standard InChI is InChI=1S/C40H55N6O6S/c1-6-7-19-45-26-30(2)51-28-34(45)11-9-24-50-39-12-8-10-31-13-14-32(25-36(31)39)40-37(41-43(5)38(40)27-47)29-52-35-17-15-33(16-18-35)44-20-22-46(23-21-44)53(48,49)42(3)4/h6,8,10,12-18,25,30,34,47H,7,9,11,19-24,26-29H2,1-5H3. The van der Waals surface area contributed by atoms with E-state index in [1.165, 1.54) is 8.61 Å². The van der Waals surface area contributed by atoms with Crippen molar-refractivity contribution in [1.29, 1.82) is 0 Å². The van der Waals surface area contributed by atoms with Crippen molar-refractivity contribution in [1.82, 2.24) is 23.3 Å². The monoisotopic (exact) mass is 747 g/mol. The number of aliphatic hydroxyl groups is 1. The predicted octanol–water partition coefficient (Wildman–Crippen LogP) is 5.10. The van der Waals surface area contributed by atoms with Gasteiger partial charge in [0, 0.05) is 76.5 Å². The van der Waals surface area contributed by atoms with Crippen molar-refractivity contribution in [2.24, 2.45) is 7.05 Å². The highest BCUT2D eigenvalue weighted by Crippen LogP contribution is 2.35. The summed E-state index contributed by atoms with van der Waals surface area (Å²) in [6, 6.07) is 20.7. The van der Waals surface area contributed by atoms with E-state index in [0.717, 1.165) is 78.0 Å². The fourth-order valence-electron chi connectivity index (χ4n) is 7.32. The van der Waals surface area contributed by atoms with Crippen LogP contribution in [0, 0.1) is 6.42 Å². The Bertz CT molecular complexity index is 1910. The molecule has 0 saturated carbocycles. The molecular formula is C40H55N6O6S. The number of benzene rings is 3. The summed E-state index contributed by atoms with van der Waals surface area (Å²) in [5.41, 5.74) is 4.24. The molecule has 3 heterocycles. The van der Waals surface area contributed by atoms with Crippen LogP contribution < -0.4 is 14.4 Å². The first-order valence-corrected chi connectivity index (χ1v) is 20.1. The average Bonchev–Trinajstić information content (AvgIpc) is 3.50. The van der Waals surface area contributed by atoms with Gasteiger partial charge in [-0.15, -0.1) is 0 Å². The van der Waals surface area contributed by atoms with E-state index in [0.29, 0.717) is 50.3 Å². The number of piperazine rings is 1. The lowest BCUT2D eigenvalue weighted by atomic mass is 9.99. The van der Waals surface area contributed by atoms with E-state index in [1.807, 2.05) is 43.4 Å². The normalized spacial score (nSPS) is 19.0. The average molecular weight is 748 g/mol. The van der Waals surface area contributed by atoms with Crippen molar-refractivity contribution in [2.45, 2.75) is 58.5 Å². The van der Waals surface area contributed by atoms with Gasteiger partial charge in [-0.2, -0.15) is 22.1 Å². The van der Waals surface area contributed by atoms with Gasteiger partial charge in [-0.05, 0) is 86.5 Å². The Morgan fingerprint density at radius 2 is 1.81 bits per heavy atom. The van der Waals surface area contributed by atoms with Gasteiger partial charge < -0.3 is 24.2 Å². The maximum Gasteiger partial charge on any atom is 0.281 e. The second kappa shape index (κ2) is 17.6. The number of fused-ring (bicyclic) bond motifs is 1. The van der Waals surface area contributed by atoms with E-state index in [-0.39, 0.29) is 19.3 Å². The Balaban J connectivity index is 1.11. The molecule has 2 aliphatic rings. The second-order valence-corrected chi connectivity index (χ2v) is 16.3. The molecule has 287 valence electrons. The number of unbranched alkanes of at least 4 members (excludes halogenated alkanes) is 1. The molecule has 3 aromatic carbocycles. The molecule has 13 heteroatoms. The Kier molecular flexibility index (Phi) is 13.0. The summed E-state index contributed by atoms with van der Waals surface area (Å²) in [7, 11) is 1.54. The van der Waals surface area contributed by atoms with Gasteiger partial charge in [-0.3, -0.25) is 9.58 Å². The van der Waals surface area contributed by atoms with Crippen molar-refractivity contribution in [3.63, 3.8) is 0 Å². The summed E-state index contributed by atoms with van der Waals surface area (Å²) in [5.74, 6) is 1.53. The van der Waals surface area contributed by atoms with Crippen LogP contribution in [0.25, 0.3) is 21.9 Å². The molecule has 2 atom stereocenters. The maximum absolute atomic E-state index is 12.5. The Morgan fingerprint density at radius 1 is 1.04 bits per heavy atom. The van der Waals surface area contributed by atoms with Crippen LogP contribution in [-0.2, 0) is 35.2 Å². The van der Waals surface area contributed by atoms with Gasteiger partial charge in [-0.25, -0.2) is 0 Å². The molecule has 0 aliphatic carbocycles. The van der Waals surface area contributed by atoms with E-state index < -0.39 is 10.2 Å². The number of morpholine rings is 1. The minimum atomic E-state index is -3.42. The van der Waals surface area contributed by atoms with Crippen LogP contribution in [0.5, 0.6) is 11.5 Å². The summed E-state index contributed by atoms with van der Waals surface area (Å²) in [6.45, 7) is 9.84. The van der Waals surface area contributed by atoms with E-state index in [4.69, 9.17) is 19.3 Å². The molecule has 2 aliphatic heterocycles. The fraction of sp³-hybridized carbons (Fsp3) is 0.500. The highest BCUT2D eigenvalue weighted by molar-refractivity contribution is 7.86. The van der Waals surface area contributed by atoms with Gasteiger partial charge in [0.15, 0.2) is 0 Å². The minimum Gasteiger partial charge on any atom is -0.493 e. The van der Waals surface area contributed by atoms with Crippen molar-refractivity contribution in [3.05, 3.63) is 78.5 Å². The zero-order chi connectivity index (χ0) is 37.5. The maximum atomic E-state index is 12.5. The molecule has 0 spiro atoms. The molecule has 0 bridgehead atoms. The first-order valence-electron chi connectivity index (χ1n) is 18.7. The lowest BCUT2D eigenvalue weighted by Gasteiger charge is -2.38. The number of aliphatic hydroxyl groups excluding tert-OH is 1. The van der Waals surface area contributed by atoms with Crippen molar-refractivity contribution >= 4 is 26.7 Å². The highest BCUT2D eigenvalue weighted by atomic mass is 32.2. The van der Waals surface area contributed by atoms with Gasteiger partial charge in [0.05, 0.1) is 31.6 Å². The zero-order valence-electron chi connectivity index (χ0n) is 31.8. The van der Waals surface area contributed by atoms with Gasteiger partial charge >= 0.3 is 0 Å². The molecule has 12 nitrogen and oxygen atoms in total. The topological polar surface area (TPSA) is 113 Å². The van der Waals surface area contributed by atoms with Gasteiger partial charge in [-0.1, -0.05) is 31.2 Å². The molecule has 1 N–H and O–H groups in total. The number of aryl methyl sites for hydroxylation is 1. The highest BCUT2D eigenvalue weighted by Gasteiger charge is 2.29. The third-order valence-corrected chi connectivity index (χ3v) is 12.3. The third-order valence-electron chi connectivity index (χ3n) is 10.3. The Labute approximate surface area is 315 Å². The first kappa shape index (κ1) is 39.0. The second-order valence-electron chi connectivity index (χ2n) is 14.2. The van der Waals surface area contributed by atoms with Crippen LogP contribution in [-0.4, -0.2) is 116 Å². The number of hydrogen-bond donors (Lipinski definition) is 1. The molecule has 4 aromatic rings. The van der Waals surface area contributed by atoms with Gasteiger partial charge in [0.25, 0.3) is 10.2 Å². The quantitative estimate of drug-likeness (QED) is 0.157. The summed E-state index contributed by atoms with van der Waals surface area (Å²) >= 11 is 0. The summed E-state index contributed by atoms with van der Waals surface area (Å²) in [6.07, 6.45) is 5.54. The van der Waals surface area contributed by atoms with E-state index >= 15 is 0 Å². The lowest BCUT2D eigenvalue weighted by Crippen LogP contribution is -2.51. The Hall–Kier alpha value is -3.72. The fourth-order valence-corrected chi connectivity index (χ4v) is 8.41. The Morgan fingerprint density at radius 3 is 2.53 bits per heavy atom. The number of nitrogens with zero attached hydrogens (tertiary/aromatic N) is 6. The van der Waals surface area contributed by atoms with Crippen LogP contribution in [0.3, 0.4) is 0 Å². The van der Waals surface area contributed by atoms with E-state index in [1.54, 1.807) is 18.8 Å². The van der Waals surface area contributed by atoms with Crippen LogP contribution in [0.4, 0.5) is 5.69 Å². The largest absolute Gasteiger partial charge is 0.493 e. The minimum absolute atomic E-state index is 0.163. The molecule has 6 rings (SSSR count). The molecular weight excluding hydrogens is 693 g/mol. The number of aromatic nitrogens is 2. The van der Waals surface area contributed by atoms with E-state index in [9.17, 15) is 13.5 Å². The summed E-state index contributed by atoms with van der Waals surface area (Å²) in [4.78, 5) is 4.75. The van der Waals surface area contributed by atoms with Gasteiger partial charge in [0.2, 0.25) is 0 Å². The first-order chi connectivity index (χ1) is 25.6. The van der Waals surface area contributed by atoms with Gasteiger partial charge in [0.1, 0.15) is 23.8 Å². The SMILES string of the molecule is C[CH]CCN1CC(C)OCC1CCCOc1cccc2ccc(-c3c(COc4ccc(N5CCN(S(=O)(=O)N(C)C)CC5)cc4)nn(C)c3CO)cc12. The van der Waals surface area contributed by atoms with Crippen LogP contribution >= 0.6 is 0 Å².